The number of nitrogens with one attached hydrogen (secondary N) is 1. The van der Waals surface area contributed by atoms with Crippen LogP contribution in [0.15, 0.2) is 42.5 Å². The van der Waals surface area contributed by atoms with E-state index < -0.39 is 4.92 Å². The first kappa shape index (κ1) is 19.0. The fourth-order valence-electron chi connectivity index (χ4n) is 3.65. The largest absolute Gasteiger partial charge is 0.350 e. The van der Waals surface area contributed by atoms with Crippen LogP contribution in [0.5, 0.6) is 0 Å². The van der Waals surface area contributed by atoms with Crippen molar-refractivity contribution in [1.82, 2.24) is 10.2 Å². The molecule has 6 heteroatoms. The standard InChI is InChI=1S/C21H25N3O3/c1-15-8-10-17(11-9-15)20(23-12-3-4-13-23)14-22-21(25)18-6-5-7-19(16(18)2)24(26)27/h5-11,20H,3-4,12-14H2,1-2H3,(H,22,25). The first-order valence-electron chi connectivity index (χ1n) is 9.30. The summed E-state index contributed by atoms with van der Waals surface area (Å²) in [5.41, 5.74) is 3.10. The SMILES string of the molecule is Cc1ccc(C(CNC(=O)c2cccc([N+](=O)[O-])c2C)N2CCCC2)cc1. The van der Waals surface area contributed by atoms with Crippen LogP contribution >= 0.6 is 0 Å². The van der Waals surface area contributed by atoms with Gasteiger partial charge in [-0.1, -0.05) is 35.9 Å². The third-order valence-electron chi connectivity index (χ3n) is 5.25. The Hall–Kier alpha value is -2.73. The van der Waals surface area contributed by atoms with Crippen LogP contribution in [-0.2, 0) is 0 Å². The van der Waals surface area contributed by atoms with Gasteiger partial charge in [-0.15, -0.1) is 0 Å². The zero-order chi connectivity index (χ0) is 19.4. The number of nitro benzene ring substituents is 1. The first-order valence-corrected chi connectivity index (χ1v) is 9.30. The molecule has 1 unspecified atom stereocenters. The predicted molar refractivity (Wildman–Crippen MR) is 105 cm³/mol. The summed E-state index contributed by atoms with van der Waals surface area (Å²) in [6.07, 6.45) is 2.33. The van der Waals surface area contributed by atoms with Crippen molar-refractivity contribution in [2.24, 2.45) is 0 Å². The summed E-state index contributed by atoms with van der Waals surface area (Å²) < 4.78 is 0. The average Bonchev–Trinajstić information content (AvgIpc) is 3.17. The van der Waals surface area contributed by atoms with Crippen LogP contribution in [0, 0.1) is 24.0 Å². The van der Waals surface area contributed by atoms with Crippen molar-refractivity contribution >= 4 is 11.6 Å². The maximum Gasteiger partial charge on any atom is 0.273 e. The zero-order valence-electron chi connectivity index (χ0n) is 15.8. The summed E-state index contributed by atoms with van der Waals surface area (Å²) in [6, 6.07) is 13.1. The minimum Gasteiger partial charge on any atom is -0.350 e. The van der Waals surface area contributed by atoms with E-state index in [-0.39, 0.29) is 17.6 Å². The number of aryl methyl sites for hydroxylation is 1. The molecule has 0 bridgehead atoms. The third-order valence-corrected chi connectivity index (χ3v) is 5.25. The van der Waals surface area contributed by atoms with E-state index in [1.54, 1.807) is 19.1 Å². The van der Waals surface area contributed by atoms with Crippen LogP contribution in [0.2, 0.25) is 0 Å². The fraction of sp³-hybridized carbons (Fsp3) is 0.381. The Kier molecular flexibility index (Phi) is 5.86. The Morgan fingerprint density at radius 1 is 1.15 bits per heavy atom. The molecule has 2 aromatic carbocycles. The molecule has 0 aliphatic carbocycles. The van der Waals surface area contributed by atoms with Crippen molar-refractivity contribution in [3.63, 3.8) is 0 Å². The van der Waals surface area contributed by atoms with E-state index in [9.17, 15) is 14.9 Å². The number of amides is 1. The lowest BCUT2D eigenvalue weighted by Crippen LogP contribution is -2.37. The van der Waals surface area contributed by atoms with Crippen LogP contribution < -0.4 is 5.32 Å². The van der Waals surface area contributed by atoms with Crippen LogP contribution in [0.1, 0.15) is 45.9 Å². The highest BCUT2D eigenvalue weighted by Crippen LogP contribution is 2.26. The molecule has 0 radical (unpaired) electrons. The molecular weight excluding hydrogens is 342 g/mol. The minimum atomic E-state index is -0.453. The quantitative estimate of drug-likeness (QED) is 0.623. The summed E-state index contributed by atoms with van der Waals surface area (Å²) in [5, 5.41) is 14.1. The van der Waals surface area contributed by atoms with E-state index in [4.69, 9.17) is 0 Å². The highest BCUT2D eigenvalue weighted by molar-refractivity contribution is 5.96. The number of likely N-dealkylation sites (tertiary alicyclic amines) is 1. The molecule has 6 nitrogen and oxygen atoms in total. The number of nitrogens with zero attached hydrogens (tertiary/aromatic N) is 2. The zero-order valence-corrected chi connectivity index (χ0v) is 15.8. The molecule has 1 fully saturated rings. The predicted octanol–water partition coefficient (Wildman–Crippen LogP) is 3.78. The van der Waals surface area contributed by atoms with Gasteiger partial charge < -0.3 is 5.32 Å². The van der Waals surface area contributed by atoms with Gasteiger partial charge in [-0.25, -0.2) is 0 Å². The maximum atomic E-state index is 12.7. The molecule has 142 valence electrons. The topological polar surface area (TPSA) is 75.5 Å². The Bertz CT molecular complexity index is 827. The summed E-state index contributed by atoms with van der Waals surface area (Å²) in [4.78, 5) is 25.8. The Balaban J connectivity index is 1.77. The van der Waals surface area contributed by atoms with Gasteiger partial charge in [-0.2, -0.15) is 0 Å². The summed E-state index contributed by atoms with van der Waals surface area (Å²) in [5.74, 6) is -0.271. The molecule has 0 aromatic heterocycles. The molecule has 3 rings (SSSR count). The fourth-order valence-corrected chi connectivity index (χ4v) is 3.65. The van der Waals surface area contributed by atoms with E-state index in [1.807, 2.05) is 0 Å². The van der Waals surface area contributed by atoms with Gasteiger partial charge in [0.2, 0.25) is 0 Å². The second kappa shape index (κ2) is 8.31. The summed E-state index contributed by atoms with van der Waals surface area (Å²) in [6.45, 7) is 6.19. The number of hydrogen-bond donors (Lipinski definition) is 1. The van der Waals surface area contributed by atoms with Crippen molar-refractivity contribution in [3.8, 4) is 0 Å². The molecule has 1 aliphatic heterocycles. The molecule has 0 saturated carbocycles. The third kappa shape index (κ3) is 4.34. The first-order chi connectivity index (χ1) is 13.0. The van der Waals surface area contributed by atoms with Crippen LogP contribution in [0.3, 0.4) is 0 Å². The number of rotatable bonds is 6. The number of hydrogen-bond acceptors (Lipinski definition) is 4. The molecule has 27 heavy (non-hydrogen) atoms. The van der Waals surface area contributed by atoms with Crippen molar-refractivity contribution in [2.75, 3.05) is 19.6 Å². The van der Waals surface area contributed by atoms with Gasteiger partial charge in [-0.3, -0.25) is 19.8 Å². The van der Waals surface area contributed by atoms with Crippen LogP contribution in [-0.4, -0.2) is 35.4 Å². The van der Waals surface area contributed by atoms with E-state index in [2.05, 4.69) is 41.4 Å². The lowest BCUT2D eigenvalue weighted by atomic mass is 10.0. The van der Waals surface area contributed by atoms with Crippen molar-refractivity contribution < 1.29 is 9.72 Å². The van der Waals surface area contributed by atoms with Crippen molar-refractivity contribution in [1.29, 1.82) is 0 Å². The molecule has 1 N–H and O–H groups in total. The number of benzene rings is 2. The number of carbonyl (C=O) groups is 1. The van der Waals surface area contributed by atoms with E-state index in [0.717, 1.165) is 13.1 Å². The second-order valence-electron chi connectivity index (χ2n) is 7.09. The van der Waals surface area contributed by atoms with Gasteiger partial charge in [0.05, 0.1) is 11.0 Å². The number of carbonyl (C=O) groups excluding carboxylic acids is 1. The smallest absolute Gasteiger partial charge is 0.273 e. The molecule has 1 amide bonds. The minimum absolute atomic E-state index is 0.0303. The molecule has 1 atom stereocenters. The monoisotopic (exact) mass is 367 g/mol. The highest BCUT2D eigenvalue weighted by atomic mass is 16.6. The van der Waals surface area contributed by atoms with E-state index in [1.165, 1.54) is 30.0 Å². The summed E-state index contributed by atoms with van der Waals surface area (Å²) in [7, 11) is 0. The molecule has 2 aromatic rings. The Labute approximate surface area is 159 Å². The van der Waals surface area contributed by atoms with E-state index >= 15 is 0 Å². The lowest BCUT2D eigenvalue weighted by Gasteiger charge is -2.28. The normalized spacial score (nSPS) is 15.5. The van der Waals surface area contributed by atoms with Gasteiger partial charge in [0.15, 0.2) is 0 Å². The Morgan fingerprint density at radius 3 is 2.44 bits per heavy atom. The van der Waals surface area contributed by atoms with Gasteiger partial charge >= 0.3 is 0 Å². The highest BCUT2D eigenvalue weighted by Gasteiger charge is 2.25. The second-order valence-corrected chi connectivity index (χ2v) is 7.09. The molecule has 0 spiro atoms. The lowest BCUT2D eigenvalue weighted by molar-refractivity contribution is -0.385. The molecule has 1 aliphatic rings. The molecule has 1 heterocycles. The van der Waals surface area contributed by atoms with Gasteiger partial charge in [0.1, 0.15) is 0 Å². The van der Waals surface area contributed by atoms with Gasteiger partial charge in [0.25, 0.3) is 11.6 Å². The van der Waals surface area contributed by atoms with Gasteiger partial charge in [-0.05, 0) is 51.4 Å². The van der Waals surface area contributed by atoms with Crippen molar-refractivity contribution in [3.05, 3.63) is 74.8 Å². The van der Waals surface area contributed by atoms with Crippen LogP contribution in [0.25, 0.3) is 0 Å². The Morgan fingerprint density at radius 2 is 1.81 bits per heavy atom. The average molecular weight is 367 g/mol. The van der Waals surface area contributed by atoms with Crippen LogP contribution in [0.4, 0.5) is 5.69 Å². The van der Waals surface area contributed by atoms with Gasteiger partial charge in [0, 0.05) is 23.7 Å². The summed E-state index contributed by atoms with van der Waals surface area (Å²) >= 11 is 0. The number of nitro groups is 1. The van der Waals surface area contributed by atoms with E-state index in [0.29, 0.717) is 17.7 Å². The molecule has 1 saturated heterocycles. The van der Waals surface area contributed by atoms with Crippen molar-refractivity contribution in [2.45, 2.75) is 32.7 Å². The molecular formula is C21H25N3O3. The maximum absolute atomic E-state index is 12.7.